The lowest BCUT2D eigenvalue weighted by atomic mass is 10.0. The molecule has 1 aliphatic heterocycles. The largest absolute Gasteiger partial charge is 0.332 e. The number of hydrogen-bond donors (Lipinski definition) is 0. The van der Waals surface area contributed by atoms with Gasteiger partial charge in [0.2, 0.25) is 0 Å². The summed E-state index contributed by atoms with van der Waals surface area (Å²) in [7, 11) is -1.25. The maximum absolute atomic E-state index is 4.77. The highest BCUT2D eigenvalue weighted by Gasteiger charge is 2.35. The van der Waals surface area contributed by atoms with Gasteiger partial charge in [0, 0.05) is 11.4 Å². The number of anilines is 1. The van der Waals surface area contributed by atoms with Gasteiger partial charge in [-0.05, 0) is 45.2 Å². The van der Waals surface area contributed by atoms with Gasteiger partial charge in [0.25, 0.3) is 0 Å². The van der Waals surface area contributed by atoms with Gasteiger partial charge in [-0.25, -0.2) is 0 Å². The minimum absolute atomic E-state index is 0.0175. The summed E-state index contributed by atoms with van der Waals surface area (Å²) in [6.45, 7) is 13.9. The number of rotatable bonds is 2. The Balaban J connectivity index is 2.41. The number of fused-ring (bicyclic) bond motifs is 1. The summed E-state index contributed by atoms with van der Waals surface area (Å²) in [6, 6.07) is 8.79. The van der Waals surface area contributed by atoms with Gasteiger partial charge in [0.1, 0.15) is 0 Å². The molecule has 0 aliphatic carbocycles. The zero-order chi connectivity index (χ0) is 15.0. The summed E-state index contributed by atoms with van der Waals surface area (Å²) in [4.78, 5) is 7.22. The molecule has 0 spiro atoms. The third kappa shape index (κ3) is 3.51. The Hall–Kier alpha value is -1.09. The Bertz CT molecular complexity index is 494. The maximum atomic E-state index is 4.77. The van der Waals surface area contributed by atoms with E-state index in [2.05, 4.69) is 75.9 Å². The Kier molecular flexibility index (Phi) is 4.10. The third-order valence-corrected chi connectivity index (χ3v) is 6.43. The molecule has 0 N–H and O–H groups in total. The van der Waals surface area contributed by atoms with Crippen molar-refractivity contribution in [1.29, 1.82) is 0 Å². The number of para-hydroxylation sites is 1. The van der Waals surface area contributed by atoms with Crippen LogP contribution in [-0.2, 0) is 6.42 Å². The van der Waals surface area contributed by atoms with Gasteiger partial charge in [-0.15, -0.1) is 0 Å². The summed E-state index contributed by atoms with van der Waals surface area (Å²) < 4.78 is 0. The molecule has 0 unspecified atom stereocenters. The molecule has 3 heteroatoms. The van der Waals surface area contributed by atoms with Crippen molar-refractivity contribution in [2.75, 3.05) is 4.90 Å². The standard InChI is InChI=1S/C17H28N2Si/c1-17(2,3)18-13-19-15-10-8-7-9-14(15)11-12-16(19)20(4,5)6/h7-10,13,16H,11-12H2,1-6H3/t16-/m1/s1. The van der Waals surface area contributed by atoms with Crippen LogP contribution < -0.4 is 4.90 Å². The number of aliphatic imine (C=N–C) groups is 1. The van der Waals surface area contributed by atoms with Crippen molar-refractivity contribution in [3.8, 4) is 0 Å². The molecular formula is C17H28N2Si. The van der Waals surface area contributed by atoms with Gasteiger partial charge >= 0.3 is 0 Å². The van der Waals surface area contributed by atoms with Crippen molar-refractivity contribution in [3.05, 3.63) is 29.8 Å². The highest BCUT2D eigenvalue weighted by atomic mass is 28.3. The molecule has 110 valence electrons. The van der Waals surface area contributed by atoms with Crippen LogP contribution >= 0.6 is 0 Å². The monoisotopic (exact) mass is 288 g/mol. The second-order valence-corrected chi connectivity index (χ2v) is 13.3. The van der Waals surface area contributed by atoms with Gasteiger partial charge < -0.3 is 4.90 Å². The van der Waals surface area contributed by atoms with Crippen LogP contribution in [0.25, 0.3) is 0 Å². The van der Waals surface area contributed by atoms with E-state index in [0.717, 1.165) is 0 Å². The van der Waals surface area contributed by atoms with Crippen molar-refractivity contribution >= 4 is 20.1 Å². The summed E-state index contributed by atoms with van der Waals surface area (Å²) in [5, 5.41) is 0. The molecule has 2 rings (SSSR count). The first-order chi connectivity index (χ1) is 9.18. The number of benzene rings is 1. The van der Waals surface area contributed by atoms with E-state index in [9.17, 15) is 0 Å². The van der Waals surface area contributed by atoms with E-state index in [0.29, 0.717) is 5.67 Å². The molecular weight excluding hydrogens is 260 g/mol. The van der Waals surface area contributed by atoms with Crippen LogP contribution in [0.5, 0.6) is 0 Å². The van der Waals surface area contributed by atoms with E-state index in [1.165, 1.54) is 24.1 Å². The SMILES string of the molecule is CC(C)(C)N=CN1c2ccccc2CC[C@H]1[Si](C)(C)C. The summed E-state index contributed by atoms with van der Waals surface area (Å²) in [5.41, 5.74) is 3.45. The minimum Gasteiger partial charge on any atom is -0.332 e. The van der Waals surface area contributed by atoms with Crippen LogP contribution in [0.3, 0.4) is 0 Å². The Morgan fingerprint density at radius 2 is 1.85 bits per heavy atom. The highest BCUT2D eigenvalue weighted by Crippen LogP contribution is 2.33. The van der Waals surface area contributed by atoms with Crippen molar-refractivity contribution < 1.29 is 0 Å². The molecule has 1 aromatic rings. The highest BCUT2D eigenvalue weighted by molar-refractivity contribution is 6.78. The van der Waals surface area contributed by atoms with Gasteiger partial charge in [-0.2, -0.15) is 0 Å². The fourth-order valence-electron chi connectivity index (χ4n) is 2.80. The molecule has 0 aromatic heterocycles. The lowest BCUT2D eigenvalue weighted by Crippen LogP contribution is -2.53. The fraction of sp³-hybridized carbons (Fsp3) is 0.588. The average Bonchev–Trinajstić information content (AvgIpc) is 2.33. The maximum Gasteiger partial charge on any atom is 0.0900 e. The summed E-state index contributed by atoms with van der Waals surface area (Å²) in [5.74, 6) is 0. The van der Waals surface area contributed by atoms with Gasteiger partial charge in [-0.3, -0.25) is 4.99 Å². The van der Waals surface area contributed by atoms with E-state index in [1.54, 1.807) is 0 Å². The Morgan fingerprint density at radius 3 is 2.45 bits per heavy atom. The van der Waals surface area contributed by atoms with Crippen molar-refractivity contribution in [1.82, 2.24) is 0 Å². The summed E-state index contributed by atoms with van der Waals surface area (Å²) >= 11 is 0. The molecule has 1 aromatic carbocycles. The smallest absolute Gasteiger partial charge is 0.0900 e. The normalized spacial score (nSPS) is 20.3. The molecule has 0 fully saturated rings. The van der Waals surface area contributed by atoms with E-state index in [-0.39, 0.29) is 5.54 Å². The van der Waals surface area contributed by atoms with Gasteiger partial charge in [0.15, 0.2) is 0 Å². The first-order valence-corrected chi connectivity index (χ1v) is 11.2. The van der Waals surface area contributed by atoms with Crippen LogP contribution in [0, 0.1) is 0 Å². The van der Waals surface area contributed by atoms with E-state index in [1.807, 2.05) is 0 Å². The number of hydrogen-bond acceptors (Lipinski definition) is 1. The fourth-order valence-corrected chi connectivity index (χ4v) is 4.85. The van der Waals surface area contributed by atoms with Crippen molar-refractivity contribution in [2.24, 2.45) is 4.99 Å². The van der Waals surface area contributed by atoms with Crippen LogP contribution in [0.2, 0.25) is 19.6 Å². The first kappa shape index (κ1) is 15.3. The quantitative estimate of drug-likeness (QED) is 0.444. The van der Waals surface area contributed by atoms with Gasteiger partial charge in [-0.1, -0.05) is 37.8 Å². The van der Waals surface area contributed by atoms with Crippen molar-refractivity contribution in [3.63, 3.8) is 0 Å². The lowest BCUT2D eigenvalue weighted by molar-refractivity contribution is 0.582. The van der Waals surface area contributed by atoms with E-state index < -0.39 is 8.07 Å². The number of nitrogens with zero attached hydrogens (tertiary/aromatic N) is 2. The second kappa shape index (κ2) is 5.36. The molecule has 0 radical (unpaired) electrons. The molecule has 0 saturated carbocycles. The second-order valence-electron chi connectivity index (χ2n) is 7.87. The molecule has 0 amide bonds. The minimum atomic E-state index is -1.25. The van der Waals surface area contributed by atoms with Crippen LogP contribution in [0.4, 0.5) is 5.69 Å². The van der Waals surface area contributed by atoms with Crippen LogP contribution in [0.1, 0.15) is 32.8 Å². The van der Waals surface area contributed by atoms with Crippen LogP contribution in [-0.4, -0.2) is 25.6 Å². The van der Waals surface area contributed by atoms with Crippen molar-refractivity contribution in [2.45, 2.75) is 64.5 Å². The van der Waals surface area contributed by atoms with E-state index in [4.69, 9.17) is 4.99 Å². The predicted octanol–water partition coefficient (Wildman–Crippen LogP) is 4.51. The van der Waals surface area contributed by atoms with E-state index >= 15 is 0 Å². The molecule has 2 nitrogen and oxygen atoms in total. The molecule has 20 heavy (non-hydrogen) atoms. The molecule has 0 saturated heterocycles. The summed E-state index contributed by atoms with van der Waals surface area (Å²) in [6.07, 6.45) is 4.55. The number of aryl methyl sites for hydroxylation is 1. The van der Waals surface area contributed by atoms with Crippen LogP contribution in [0.15, 0.2) is 29.3 Å². The Morgan fingerprint density at radius 1 is 1.20 bits per heavy atom. The third-order valence-electron chi connectivity index (χ3n) is 3.86. The zero-order valence-electron chi connectivity index (χ0n) is 13.8. The topological polar surface area (TPSA) is 15.6 Å². The molecule has 1 aliphatic rings. The molecule has 1 heterocycles. The predicted molar refractivity (Wildman–Crippen MR) is 92.6 cm³/mol. The average molecular weight is 289 g/mol. The first-order valence-electron chi connectivity index (χ1n) is 7.60. The zero-order valence-corrected chi connectivity index (χ0v) is 14.8. The molecule has 0 bridgehead atoms. The molecule has 1 atom stereocenters. The van der Waals surface area contributed by atoms with Gasteiger partial charge in [0.05, 0.1) is 20.0 Å². The lowest BCUT2D eigenvalue weighted by Gasteiger charge is -2.42. The Labute approximate surface area is 124 Å².